The van der Waals surface area contributed by atoms with Crippen molar-refractivity contribution in [3.05, 3.63) is 66.7 Å². The van der Waals surface area contributed by atoms with Gasteiger partial charge in [0.1, 0.15) is 16.9 Å². The zero-order valence-electron chi connectivity index (χ0n) is 14.2. The van der Waals surface area contributed by atoms with Crippen LogP contribution in [0.3, 0.4) is 0 Å². The monoisotopic (exact) mass is 352 g/mol. The molecule has 0 saturated carbocycles. The Labute approximate surface area is 153 Å². The number of furan rings is 2. The molecule has 0 aliphatic rings. The molecule has 6 rings (SSSR count). The molecule has 0 fully saturated rings. The van der Waals surface area contributed by atoms with Crippen molar-refractivity contribution in [1.29, 1.82) is 0 Å². The van der Waals surface area contributed by atoms with Gasteiger partial charge in [-0.15, -0.1) is 0 Å². The van der Waals surface area contributed by atoms with Crippen LogP contribution in [0.15, 0.2) is 75.6 Å². The van der Waals surface area contributed by atoms with E-state index in [1.165, 1.54) is 0 Å². The van der Waals surface area contributed by atoms with Crippen LogP contribution in [0.4, 0.5) is 0 Å². The number of hydrogen-bond acceptors (Lipinski definition) is 4. The Morgan fingerprint density at radius 3 is 2.19 bits per heavy atom. The molecule has 0 aliphatic heterocycles. The van der Waals surface area contributed by atoms with E-state index in [4.69, 9.17) is 13.5 Å². The molecule has 6 aromatic rings. The second-order valence-electron chi connectivity index (χ2n) is 6.59. The molecule has 0 radical (unpaired) electrons. The van der Waals surface area contributed by atoms with Gasteiger partial charge in [0.05, 0.1) is 0 Å². The quantitative estimate of drug-likeness (QED) is 0.431. The van der Waals surface area contributed by atoms with Gasteiger partial charge in [0.25, 0.3) is 0 Å². The molecular weight excluding hydrogens is 339 g/mol. The summed E-state index contributed by atoms with van der Waals surface area (Å²) < 4.78 is 17.8. The second-order valence-corrected chi connectivity index (χ2v) is 6.59. The Morgan fingerprint density at radius 1 is 0.667 bits per heavy atom. The molecular formula is C22H13BO4. The Morgan fingerprint density at radius 2 is 1.33 bits per heavy atom. The van der Waals surface area contributed by atoms with Gasteiger partial charge < -0.3 is 18.5 Å². The summed E-state index contributed by atoms with van der Waals surface area (Å²) in [4.78, 5) is 0. The van der Waals surface area contributed by atoms with Crippen LogP contribution in [0.5, 0.6) is 5.75 Å². The first-order valence-corrected chi connectivity index (χ1v) is 8.77. The normalized spacial score (nSPS) is 11.9. The molecule has 5 heteroatoms. The van der Waals surface area contributed by atoms with E-state index in [-0.39, 0.29) is 7.69 Å². The predicted molar refractivity (Wildman–Crippen MR) is 108 cm³/mol. The lowest BCUT2D eigenvalue weighted by molar-refractivity contribution is 0.456. The van der Waals surface area contributed by atoms with E-state index in [0.29, 0.717) is 11.3 Å². The predicted octanol–water partition coefficient (Wildman–Crippen LogP) is 5.28. The highest BCUT2D eigenvalue weighted by molar-refractivity contribution is 6.26. The fourth-order valence-electron chi connectivity index (χ4n) is 4.04. The molecule has 4 nitrogen and oxygen atoms in total. The van der Waals surface area contributed by atoms with E-state index in [2.05, 4.69) is 18.2 Å². The molecule has 4 aromatic carbocycles. The van der Waals surface area contributed by atoms with E-state index in [0.717, 1.165) is 49.1 Å². The number of fused-ring (bicyclic) bond motifs is 9. The number of para-hydroxylation sites is 1. The second kappa shape index (κ2) is 5.28. The van der Waals surface area contributed by atoms with Crippen LogP contribution in [0.1, 0.15) is 0 Å². The van der Waals surface area contributed by atoms with Gasteiger partial charge in [-0.1, -0.05) is 42.5 Å². The van der Waals surface area contributed by atoms with E-state index in [1.807, 2.05) is 48.5 Å². The summed E-state index contributed by atoms with van der Waals surface area (Å²) in [5.74, 6) is 0.598. The molecule has 0 spiro atoms. The van der Waals surface area contributed by atoms with Gasteiger partial charge >= 0.3 is 7.69 Å². The summed E-state index contributed by atoms with van der Waals surface area (Å²) in [7, 11) is -0.385. The first-order chi connectivity index (χ1) is 13.3. The van der Waals surface area contributed by atoms with Gasteiger partial charge in [-0.2, -0.15) is 0 Å². The van der Waals surface area contributed by atoms with E-state index in [1.54, 1.807) is 0 Å². The summed E-state index contributed by atoms with van der Waals surface area (Å²) in [5.41, 5.74) is 3.03. The SMILES string of the molecule is OBOc1cc2oc3c(ccc4c5ccccc5oc43)c2c2ccccc12. The molecule has 27 heavy (non-hydrogen) atoms. The van der Waals surface area contributed by atoms with Gasteiger partial charge in [-0.05, 0) is 23.6 Å². The maximum Gasteiger partial charge on any atom is 0.504 e. The molecule has 0 unspecified atom stereocenters. The summed E-state index contributed by atoms with van der Waals surface area (Å²) in [5, 5.41) is 15.3. The minimum Gasteiger partial charge on any atom is -0.538 e. The molecule has 0 saturated heterocycles. The van der Waals surface area contributed by atoms with Gasteiger partial charge in [0.2, 0.25) is 0 Å². The minimum atomic E-state index is -0.385. The van der Waals surface area contributed by atoms with Gasteiger partial charge in [-0.3, -0.25) is 0 Å². The standard InChI is InChI=1S/C22H13BO4/c24-23-27-18-11-19-20(14-7-2-1-5-12(14)18)16-10-9-15-13-6-3-4-8-17(13)25-21(15)22(16)26-19/h1-11,23-24H. The van der Waals surface area contributed by atoms with Crippen LogP contribution in [-0.2, 0) is 0 Å². The van der Waals surface area contributed by atoms with Crippen molar-refractivity contribution in [3.8, 4) is 5.75 Å². The van der Waals surface area contributed by atoms with Crippen molar-refractivity contribution in [2.75, 3.05) is 0 Å². The number of rotatable bonds is 2. The fraction of sp³-hybridized carbons (Fsp3) is 0. The van der Waals surface area contributed by atoms with E-state index in [9.17, 15) is 5.02 Å². The minimum absolute atomic E-state index is 0.385. The number of hydrogen-bond donors (Lipinski definition) is 1. The summed E-state index contributed by atoms with van der Waals surface area (Å²) >= 11 is 0. The van der Waals surface area contributed by atoms with E-state index >= 15 is 0 Å². The van der Waals surface area contributed by atoms with E-state index < -0.39 is 0 Å². The molecule has 0 bridgehead atoms. The van der Waals surface area contributed by atoms with Crippen LogP contribution >= 0.6 is 0 Å². The largest absolute Gasteiger partial charge is 0.538 e. The fourth-order valence-corrected chi connectivity index (χ4v) is 4.04. The third kappa shape index (κ3) is 1.92. The zero-order valence-corrected chi connectivity index (χ0v) is 14.2. The average molecular weight is 352 g/mol. The first-order valence-electron chi connectivity index (χ1n) is 8.77. The highest BCUT2D eigenvalue weighted by Gasteiger charge is 2.18. The summed E-state index contributed by atoms with van der Waals surface area (Å²) in [6.07, 6.45) is 0. The van der Waals surface area contributed by atoms with Crippen molar-refractivity contribution >= 4 is 62.3 Å². The molecule has 0 amide bonds. The van der Waals surface area contributed by atoms with Crippen molar-refractivity contribution in [2.45, 2.75) is 0 Å². The molecule has 2 heterocycles. The molecule has 2 aromatic heterocycles. The van der Waals surface area contributed by atoms with Crippen molar-refractivity contribution in [1.82, 2.24) is 0 Å². The van der Waals surface area contributed by atoms with Crippen LogP contribution < -0.4 is 4.65 Å². The highest BCUT2D eigenvalue weighted by atomic mass is 16.5. The van der Waals surface area contributed by atoms with Crippen molar-refractivity contribution in [2.24, 2.45) is 0 Å². The van der Waals surface area contributed by atoms with Gasteiger partial charge in [0.15, 0.2) is 11.2 Å². The Hall–Kier alpha value is -3.44. The highest BCUT2D eigenvalue weighted by Crippen LogP contribution is 2.43. The summed E-state index contributed by atoms with van der Waals surface area (Å²) in [6, 6.07) is 22.0. The summed E-state index contributed by atoms with van der Waals surface area (Å²) in [6.45, 7) is 0. The Bertz CT molecular complexity index is 1490. The van der Waals surface area contributed by atoms with Crippen LogP contribution in [-0.4, -0.2) is 12.7 Å². The maximum absolute atomic E-state index is 9.25. The lowest BCUT2D eigenvalue weighted by Crippen LogP contribution is -2.00. The van der Waals surface area contributed by atoms with Crippen LogP contribution in [0, 0.1) is 0 Å². The Kier molecular flexibility index (Phi) is 2.88. The van der Waals surface area contributed by atoms with Crippen molar-refractivity contribution < 1.29 is 18.5 Å². The Balaban J connectivity index is 1.83. The zero-order chi connectivity index (χ0) is 18.0. The molecule has 128 valence electrons. The smallest absolute Gasteiger partial charge is 0.504 e. The van der Waals surface area contributed by atoms with Crippen molar-refractivity contribution in [3.63, 3.8) is 0 Å². The lowest BCUT2D eigenvalue weighted by Gasteiger charge is -2.07. The topological polar surface area (TPSA) is 55.7 Å². The third-order valence-electron chi connectivity index (χ3n) is 5.17. The molecule has 1 N–H and O–H groups in total. The molecule has 0 atom stereocenters. The maximum atomic E-state index is 9.25. The average Bonchev–Trinajstić information content (AvgIpc) is 3.26. The third-order valence-corrected chi connectivity index (χ3v) is 5.17. The number of benzene rings is 4. The molecule has 0 aliphatic carbocycles. The first kappa shape index (κ1) is 14.7. The van der Waals surface area contributed by atoms with Crippen LogP contribution in [0.2, 0.25) is 0 Å². The lowest BCUT2D eigenvalue weighted by atomic mass is 10.0. The van der Waals surface area contributed by atoms with Gasteiger partial charge in [-0.25, -0.2) is 0 Å². The van der Waals surface area contributed by atoms with Crippen LogP contribution in [0.25, 0.3) is 54.6 Å². The van der Waals surface area contributed by atoms with Gasteiger partial charge in [0, 0.05) is 33.0 Å².